The number of ether oxygens (including phenoxy) is 1. The molecule has 4 aromatic carbocycles. The molecule has 0 aliphatic rings. The lowest BCUT2D eigenvalue weighted by Crippen LogP contribution is -2.12. The van der Waals surface area contributed by atoms with Gasteiger partial charge in [0.25, 0.3) is 0 Å². The molecule has 3 heteroatoms. The predicted octanol–water partition coefficient (Wildman–Crippen LogP) is 9.70. The van der Waals surface area contributed by atoms with Crippen LogP contribution in [0.5, 0.6) is 5.75 Å². The zero-order valence-electron chi connectivity index (χ0n) is 22.6. The molecule has 1 atom stereocenters. The van der Waals surface area contributed by atoms with Gasteiger partial charge >= 0.3 is 0 Å². The van der Waals surface area contributed by atoms with Gasteiger partial charge in [-0.3, -0.25) is 0 Å². The van der Waals surface area contributed by atoms with Crippen molar-refractivity contribution in [2.45, 2.75) is 46.5 Å². The summed E-state index contributed by atoms with van der Waals surface area (Å²) in [6, 6.07) is 32.7. The summed E-state index contributed by atoms with van der Waals surface area (Å²) in [7, 11) is 2.15. The summed E-state index contributed by atoms with van der Waals surface area (Å²) in [5.74, 6) is 1.56. The molecule has 0 fully saturated rings. The van der Waals surface area contributed by atoms with Crippen molar-refractivity contribution < 1.29 is 4.74 Å². The van der Waals surface area contributed by atoms with Crippen molar-refractivity contribution in [2.24, 2.45) is 13.0 Å². The number of hydrogen-bond donors (Lipinski definition) is 0. The van der Waals surface area contributed by atoms with Gasteiger partial charge in [0, 0.05) is 45.9 Å². The van der Waals surface area contributed by atoms with Gasteiger partial charge in [-0.1, -0.05) is 62.9 Å². The zero-order valence-corrected chi connectivity index (χ0v) is 22.6. The van der Waals surface area contributed by atoms with Crippen LogP contribution in [0.25, 0.3) is 21.8 Å². The van der Waals surface area contributed by atoms with E-state index in [-0.39, 0.29) is 0 Å². The number of benzene rings is 4. The van der Waals surface area contributed by atoms with Gasteiger partial charge in [-0.25, -0.2) is 0 Å². The molecule has 0 saturated heterocycles. The highest BCUT2D eigenvalue weighted by Gasteiger charge is 2.16. The van der Waals surface area contributed by atoms with Gasteiger partial charge in [0.05, 0.1) is 6.61 Å². The fourth-order valence-corrected chi connectivity index (χ4v) is 5.29. The van der Waals surface area contributed by atoms with E-state index in [4.69, 9.17) is 4.74 Å². The fraction of sp³-hybridized carbons (Fsp3) is 0.294. The van der Waals surface area contributed by atoms with Gasteiger partial charge in [0.15, 0.2) is 0 Å². The molecule has 5 aromatic rings. The second kappa shape index (κ2) is 11.1. The molecule has 0 aliphatic carbocycles. The predicted molar refractivity (Wildman–Crippen MR) is 159 cm³/mol. The smallest absolute Gasteiger partial charge is 0.119 e. The van der Waals surface area contributed by atoms with Gasteiger partial charge in [-0.05, 0) is 86.0 Å². The van der Waals surface area contributed by atoms with E-state index in [0.717, 1.165) is 35.8 Å². The average molecular weight is 491 g/mol. The fourth-order valence-electron chi connectivity index (χ4n) is 5.29. The lowest BCUT2D eigenvalue weighted by molar-refractivity contribution is 0.233. The van der Waals surface area contributed by atoms with E-state index in [0.29, 0.717) is 5.92 Å². The van der Waals surface area contributed by atoms with Crippen molar-refractivity contribution in [2.75, 3.05) is 11.5 Å². The molecule has 0 N–H and O–H groups in total. The Morgan fingerprint density at radius 1 is 0.757 bits per heavy atom. The van der Waals surface area contributed by atoms with Crippen molar-refractivity contribution in [3.05, 3.63) is 96.6 Å². The highest BCUT2D eigenvalue weighted by Crippen LogP contribution is 2.39. The number of unbranched alkanes of at least 4 members (excludes halogenated alkanes) is 1. The van der Waals surface area contributed by atoms with Crippen LogP contribution in [-0.2, 0) is 7.05 Å². The van der Waals surface area contributed by atoms with E-state index in [1.54, 1.807) is 0 Å². The first-order valence-electron chi connectivity index (χ1n) is 13.7. The molecule has 0 radical (unpaired) electrons. The largest absolute Gasteiger partial charge is 0.493 e. The van der Waals surface area contributed by atoms with Crippen LogP contribution in [0.3, 0.4) is 0 Å². The van der Waals surface area contributed by atoms with E-state index in [2.05, 4.69) is 128 Å². The summed E-state index contributed by atoms with van der Waals surface area (Å²) in [6.07, 6.45) is 4.91. The molecule has 5 rings (SSSR count). The topological polar surface area (TPSA) is 17.4 Å². The minimum Gasteiger partial charge on any atom is -0.493 e. The Hall–Kier alpha value is -3.72. The first kappa shape index (κ1) is 25.0. The quantitative estimate of drug-likeness (QED) is 0.194. The number of anilines is 3. The molecule has 37 heavy (non-hydrogen) atoms. The average Bonchev–Trinajstić information content (AvgIpc) is 3.21. The zero-order chi connectivity index (χ0) is 25.8. The third-order valence-electron chi connectivity index (χ3n) is 7.54. The molecular formula is C34H38N2O. The number of nitrogens with zero attached hydrogens (tertiary/aromatic N) is 2. The van der Waals surface area contributed by atoms with Crippen LogP contribution < -0.4 is 9.64 Å². The van der Waals surface area contributed by atoms with Crippen molar-refractivity contribution in [1.82, 2.24) is 4.57 Å². The van der Waals surface area contributed by atoms with Crippen LogP contribution >= 0.6 is 0 Å². The lowest BCUT2D eigenvalue weighted by atomic mass is 10.0. The summed E-state index contributed by atoms with van der Waals surface area (Å²) in [4.78, 5) is 2.33. The Kier molecular flexibility index (Phi) is 7.50. The minimum absolute atomic E-state index is 0.622. The molecule has 0 spiro atoms. The van der Waals surface area contributed by atoms with Gasteiger partial charge in [-0.15, -0.1) is 0 Å². The van der Waals surface area contributed by atoms with Gasteiger partial charge in [-0.2, -0.15) is 0 Å². The van der Waals surface area contributed by atoms with Crippen LogP contribution in [0.2, 0.25) is 0 Å². The Morgan fingerprint density at radius 3 is 2.11 bits per heavy atom. The number of hydrogen-bond acceptors (Lipinski definition) is 2. The van der Waals surface area contributed by atoms with Crippen molar-refractivity contribution in [3.63, 3.8) is 0 Å². The summed E-state index contributed by atoms with van der Waals surface area (Å²) < 4.78 is 8.49. The van der Waals surface area contributed by atoms with Crippen molar-refractivity contribution in [1.29, 1.82) is 0 Å². The van der Waals surface area contributed by atoms with Gasteiger partial charge in [0.2, 0.25) is 0 Å². The van der Waals surface area contributed by atoms with Crippen LogP contribution in [0, 0.1) is 12.8 Å². The molecule has 3 nitrogen and oxygen atoms in total. The summed E-state index contributed by atoms with van der Waals surface area (Å²) in [6.45, 7) is 7.46. The molecule has 0 bridgehead atoms. The summed E-state index contributed by atoms with van der Waals surface area (Å²) in [5.41, 5.74) is 7.18. The van der Waals surface area contributed by atoms with E-state index in [1.165, 1.54) is 46.6 Å². The SMILES string of the molecule is CCCCC(CC)COc1ccc(N(c2ccccc2)c2ccc3c(c2)c2cc(C)ccc2n3C)cc1. The molecule has 0 amide bonds. The lowest BCUT2D eigenvalue weighted by Gasteiger charge is -2.26. The number of aryl methyl sites for hydroxylation is 2. The standard InChI is InChI=1S/C34H38N2O/c1-5-7-11-26(6-2)24-37-30-18-15-28(16-19-30)36(27-12-9-8-10-13-27)29-17-21-34-32(23-29)31-22-25(3)14-20-33(31)35(34)4/h8-10,12-23,26H,5-7,11,24H2,1-4H3. The summed E-state index contributed by atoms with van der Waals surface area (Å²) >= 11 is 0. The maximum Gasteiger partial charge on any atom is 0.119 e. The molecule has 1 heterocycles. The molecular weight excluding hydrogens is 452 g/mol. The van der Waals surface area contributed by atoms with Crippen LogP contribution in [0.1, 0.15) is 45.1 Å². The first-order valence-corrected chi connectivity index (χ1v) is 13.7. The van der Waals surface area contributed by atoms with E-state index in [9.17, 15) is 0 Å². The minimum atomic E-state index is 0.622. The van der Waals surface area contributed by atoms with Crippen LogP contribution in [-0.4, -0.2) is 11.2 Å². The van der Waals surface area contributed by atoms with E-state index < -0.39 is 0 Å². The Labute approximate surface area is 221 Å². The number of aromatic nitrogens is 1. The second-order valence-corrected chi connectivity index (χ2v) is 10.2. The molecule has 1 unspecified atom stereocenters. The Balaban J connectivity index is 1.50. The third-order valence-corrected chi connectivity index (χ3v) is 7.54. The van der Waals surface area contributed by atoms with Crippen molar-refractivity contribution in [3.8, 4) is 5.75 Å². The Morgan fingerprint density at radius 2 is 1.41 bits per heavy atom. The number of para-hydroxylation sites is 1. The molecule has 190 valence electrons. The second-order valence-electron chi connectivity index (χ2n) is 10.2. The van der Waals surface area contributed by atoms with E-state index in [1.807, 2.05) is 0 Å². The van der Waals surface area contributed by atoms with Crippen LogP contribution in [0.4, 0.5) is 17.1 Å². The number of rotatable bonds is 10. The third kappa shape index (κ3) is 5.22. The maximum absolute atomic E-state index is 6.20. The monoisotopic (exact) mass is 490 g/mol. The van der Waals surface area contributed by atoms with Crippen molar-refractivity contribution >= 4 is 38.9 Å². The summed E-state index contributed by atoms with van der Waals surface area (Å²) in [5, 5.41) is 2.57. The molecule has 1 aromatic heterocycles. The molecule has 0 aliphatic heterocycles. The Bertz CT molecular complexity index is 1470. The van der Waals surface area contributed by atoms with Gasteiger partial charge < -0.3 is 14.2 Å². The highest BCUT2D eigenvalue weighted by molar-refractivity contribution is 6.09. The first-order chi connectivity index (χ1) is 18.1. The van der Waals surface area contributed by atoms with Crippen LogP contribution in [0.15, 0.2) is 91.0 Å². The normalized spacial score (nSPS) is 12.2. The maximum atomic E-state index is 6.20. The highest BCUT2D eigenvalue weighted by atomic mass is 16.5. The van der Waals surface area contributed by atoms with Gasteiger partial charge in [0.1, 0.15) is 5.75 Å². The molecule has 0 saturated carbocycles. The number of fused-ring (bicyclic) bond motifs is 3. The van der Waals surface area contributed by atoms with E-state index >= 15 is 0 Å².